The van der Waals surface area contributed by atoms with Gasteiger partial charge in [-0.05, 0) is 54.9 Å². The van der Waals surface area contributed by atoms with E-state index in [9.17, 15) is 0 Å². The molecule has 106 valence electrons. The second-order valence-corrected chi connectivity index (χ2v) is 6.24. The molecule has 2 aromatic heterocycles. The Morgan fingerprint density at radius 3 is 2.75 bits per heavy atom. The van der Waals surface area contributed by atoms with Gasteiger partial charge in [-0.25, -0.2) is 9.97 Å². The van der Waals surface area contributed by atoms with Crippen LogP contribution >= 0.6 is 11.8 Å². The third kappa shape index (κ3) is 4.32. The SMILES string of the molecule is Cc1cc(C)nc(Sc2ncccc2CNC(C)C)c1. The Bertz CT molecular complexity index is 561. The van der Waals surface area contributed by atoms with Crippen molar-refractivity contribution in [2.45, 2.75) is 50.3 Å². The Labute approximate surface area is 125 Å². The van der Waals surface area contributed by atoms with Crippen molar-refractivity contribution in [1.29, 1.82) is 0 Å². The van der Waals surface area contributed by atoms with Gasteiger partial charge in [0.2, 0.25) is 0 Å². The van der Waals surface area contributed by atoms with Gasteiger partial charge in [-0.15, -0.1) is 0 Å². The number of nitrogens with one attached hydrogen (secondary N) is 1. The lowest BCUT2D eigenvalue weighted by Crippen LogP contribution is -2.22. The summed E-state index contributed by atoms with van der Waals surface area (Å²) in [6.45, 7) is 9.25. The number of aromatic nitrogens is 2. The molecule has 2 aromatic rings. The molecular weight excluding hydrogens is 266 g/mol. The first-order valence-electron chi connectivity index (χ1n) is 6.85. The summed E-state index contributed by atoms with van der Waals surface area (Å²) < 4.78 is 0. The van der Waals surface area contributed by atoms with Crippen molar-refractivity contribution in [2.75, 3.05) is 0 Å². The van der Waals surface area contributed by atoms with Crippen molar-refractivity contribution >= 4 is 11.8 Å². The molecule has 0 fully saturated rings. The van der Waals surface area contributed by atoms with Gasteiger partial charge in [-0.2, -0.15) is 0 Å². The highest BCUT2D eigenvalue weighted by atomic mass is 32.2. The van der Waals surface area contributed by atoms with Gasteiger partial charge in [0, 0.05) is 24.5 Å². The van der Waals surface area contributed by atoms with Crippen molar-refractivity contribution < 1.29 is 0 Å². The van der Waals surface area contributed by atoms with Gasteiger partial charge < -0.3 is 5.32 Å². The Kier molecular flexibility index (Phi) is 5.15. The Hall–Kier alpha value is -1.39. The van der Waals surface area contributed by atoms with Crippen molar-refractivity contribution in [3.8, 4) is 0 Å². The molecule has 0 saturated heterocycles. The number of aryl methyl sites for hydroxylation is 2. The van der Waals surface area contributed by atoms with E-state index in [-0.39, 0.29) is 0 Å². The molecule has 0 spiro atoms. The summed E-state index contributed by atoms with van der Waals surface area (Å²) in [7, 11) is 0. The van der Waals surface area contributed by atoms with E-state index in [0.29, 0.717) is 6.04 Å². The van der Waals surface area contributed by atoms with E-state index >= 15 is 0 Å². The van der Waals surface area contributed by atoms with Crippen molar-refractivity contribution in [2.24, 2.45) is 0 Å². The Balaban J connectivity index is 2.20. The van der Waals surface area contributed by atoms with E-state index in [0.717, 1.165) is 22.3 Å². The van der Waals surface area contributed by atoms with E-state index in [1.54, 1.807) is 11.8 Å². The minimum atomic E-state index is 0.465. The first-order chi connectivity index (χ1) is 9.54. The number of pyridine rings is 2. The third-order valence-corrected chi connectivity index (χ3v) is 3.81. The maximum absolute atomic E-state index is 4.57. The van der Waals surface area contributed by atoms with Crippen LogP contribution in [-0.4, -0.2) is 16.0 Å². The maximum Gasteiger partial charge on any atom is 0.107 e. The van der Waals surface area contributed by atoms with E-state index in [1.165, 1.54) is 11.1 Å². The summed E-state index contributed by atoms with van der Waals surface area (Å²) >= 11 is 1.63. The fraction of sp³-hybridized carbons (Fsp3) is 0.375. The highest BCUT2D eigenvalue weighted by Gasteiger charge is 2.08. The molecule has 3 nitrogen and oxygen atoms in total. The van der Waals surface area contributed by atoms with Gasteiger partial charge in [0.1, 0.15) is 10.1 Å². The molecule has 0 aliphatic heterocycles. The molecule has 1 N–H and O–H groups in total. The van der Waals surface area contributed by atoms with Gasteiger partial charge in [-0.1, -0.05) is 19.9 Å². The third-order valence-electron chi connectivity index (χ3n) is 2.83. The molecule has 0 radical (unpaired) electrons. The molecule has 0 bridgehead atoms. The fourth-order valence-corrected chi connectivity index (χ4v) is 2.94. The molecule has 4 heteroatoms. The molecule has 0 aromatic carbocycles. The van der Waals surface area contributed by atoms with Gasteiger partial charge in [0.15, 0.2) is 0 Å². The zero-order valence-electron chi connectivity index (χ0n) is 12.5. The van der Waals surface area contributed by atoms with Crippen LogP contribution in [-0.2, 0) is 6.54 Å². The molecule has 2 rings (SSSR count). The van der Waals surface area contributed by atoms with Crippen LogP contribution in [0.3, 0.4) is 0 Å². The zero-order chi connectivity index (χ0) is 14.5. The van der Waals surface area contributed by atoms with Crippen LogP contribution in [0.5, 0.6) is 0 Å². The lowest BCUT2D eigenvalue weighted by Gasteiger charge is -2.11. The van der Waals surface area contributed by atoms with E-state index < -0.39 is 0 Å². The first-order valence-corrected chi connectivity index (χ1v) is 7.66. The number of hydrogen-bond donors (Lipinski definition) is 1. The molecule has 0 amide bonds. The smallest absolute Gasteiger partial charge is 0.107 e. The molecular formula is C16H21N3S. The summed E-state index contributed by atoms with van der Waals surface area (Å²) in [5.41, 5.74) is 3.50. The standard InChI is InChI=1S/C16H21N3S/c1-11(2)18-10-14-6-5-7-17-16(14)20-15-9-12(3)8-13(4)19-15/h5-9,11,18H,10H2,1-4H3. The fourth-order valence-electron chi connectivity index (χ4n) is 1.92. The number of nitrogens with zero attached hydrogens (tertiary/aromatic N) is 2. The highest BCUT2D eigenvalue weighted by molar-refractivity contribution is 7.99. The minimum absolute atomic E-state index is 0.465. The van der Waals surface area contributed by atoms with Crippen LogP contribution in [0.15, 0.2) is 40.5 Å². The molecule has 2 heterocycles. The van der Waals surface area contributed by atoms with Crippen LogP contribution in [0.1, 0.15) is 30.7 Å². The quantitative estimate of drug-likeness (QED) is 0.909. The van der Waals surface area contributed by atoms with E-state index in [1.807, 2.05) is 19.2 Å². The second kappa shape index (κ2) is 6.86. The zero-order valence-corrected chi connectivity index (χ0v) is 13.3. The normalized spacial score (nSPS) is 11.1. The average Bonchev–Trinajstić information content (AvgIpc) is 2.36. The van der Waals surface area contributed by atoms with Crippen molar-refractivity contribution in [1.82, 2.24) is 15.3 Å². The second-order valence-electron chi connectivity index (χ2n) is 5.23. The topological polar surface area (TPSA) is 37.8 Å². The number of hydrogen-bond acceptors (Lipinski definition) is 4. The first kappa shape index (κ1) is 15.0. The minimum Gasteiger partial charge on any atom is -0.310 e. The number of rotatable bonds is 5. The monoisotopic (exact) mass is 287 g/mol. The predicted octanol–water partition coefficient (Wildman–Crippen LogP) is 3.74. The lowest BCUT2D eigenvalue weighted by atomic mass is 10.2. The van der Waals surface area contributed by atoms with Crippen LogP contribution in [0, 0.1) is 13.8 Å². The van der Waals surface area contributed by atoms with Crippen LogP contribution in [0.4, 0.5) is 0 Å². The maximum atomic E-state index is 4.57. The van der Waals surface area contributed by atoms with Gasteiger partial charge >= 0.3 is 0 Å². The largest absolute Gasteiger partial charge is 0.310 e. The summed E-state index contributed by atoms with van der Waals surface area (Å²) in [6.07, 6.45) is 1.84. The van der Waals surface area contributed by atoms with Crippen molar-refractivity contribution in [3.63, 3.8) is 0 Å². The molecule has 0 saturated carbocycles. The van der Waals surface area contributed by atoms with E-state index in [4.69, 9.17) is 0 Å². The molecule has 0 unspecified atom stereocenters. The van der Waals surface area contributed by atoms with Crippen LogP contribution < -0.4 is 5.32 Å². The van der Waals surface area contributed by atoms with Gasteiger partial charge in [0.05, 0.1) is 0 Å². The predicted molar refractivity (Wildman–Crippen MR) is 84.0 cm³/mol. The van der Waals surface area contributed by atoms with Crippen molar-refractivity contribution in [3.05, 3.63) is 47.3 Å². The van der Waals surface area contributed by atoms with Crippen LogP contribution in [0.2, 0.25) is 0 Å². The summed E-state index contributed by atoms with van der Waals surface area (Å²) in [5, 5.41) is 5.47. The lowest BCUT2D eigenvalue weighted by molar-refractivity contribution is 0.582. The average molecular weight is 287 g/mol. The summed E-state index contributed by atoms with van der Waals surface area (Å²) in [4.78, 5) is 9.06. The molecule has 20 heavy (non-hydrogen) atoms. The van der Waals surface area contributed by atoms with Crippen LogP contribution in [0.25, 0.3) is 0 Å². The summed E-state index contributed by atoms with van der Waals surface area (Å²) in [5.74, 6) is 0. The summed E-state index contributed by atoms with van der Waals surface area (Å²) in [6, 6.07) is 8.76. The molecule has 0 aliphatic carbocycles. The molecule has 0 atom stereocenters. The van der Waals surface area contributed by atoms with Gasteiger partial charge in [0.25, 0.3) is 0 Å². The highest BCUT2D eigenvalue weighted by Crippen LogP contribution is 2.28. The Morgan fingerprint density at radius 1 is 1.25 bits per heavy atom. The van der Waals surface area contributed by atoms with E-state index in [2.05, 4.69) is 54.3 Å². The molecule has 0 aliphatic rings. The van der Waals surface area contributed by atoms with Gasteiger partial charge in [-0.3, -0.25) is 0 Å². The Morgan fingerprint density at radius 2 is 2.05 bits per heavy atom.